The Kier molecular flexibility index (Phi) is 5.82. The lowest BCUT2D eigenvalue weighted by molar-refractivity contribution is -0.274. The quantitative estimate of drug-likeness (QED) is 0.475. The maximum atomic E-state index is 12.9. The highest BCUT2D eigenvalue weighted by Crippen LogP contribution is 2.24. The molecule has 1 N–H and O–H groups in total. The fraction of sp³-hybridized carbons (Fsp3) is 0.130. The van der Waals surface area contributed by atoms with Crippen LogP contribution in [0, 0.1) is 0 Å². The number of ether oxygens (including phenoxy) is 1. The van der Waals surface area contributed by atoms with E-state index in [1.165, 1.54) is 28.8 Å². The van der Waals surface area contributed by atoms with Crippen LogP contribution in [-0.2, 0) is 6.54 Å². The Bertz CT molecular complexity index is 1370. The molecule has 10 heteroatoms. The molecule has 0 aliphatic rings. The van der Waals surface area contributed by atoms with Gasteiger partial charge in [-0.1, -0.05) is 12.1 Å². The predicted molar refractivity (Wildman–Crippen MR) is 116 cm³/mol. The molecular formula is C23H17F3N4O3. The normalized spacial score (nSPS) is 11.4. The molecule has 4 rings (SSSR count). The Morgan fingerprint density at radius 3 is 2.39 bits per heavy atom. The molecule has 0 aliphatic carbocycles. The first-order valence-electron chi connectivity index (χ1n) is 9.88. The lowest BCUT2D eigenvalue weighted by atomic mass is 10.1. The number of nitrogens with zero attached hydrogens (tertiary/aromatic N) is 3. The Hall–Kier alpha value is -4.21. The van der Waals surface area contributed by atoms with E-state index in [4.69, 9.17) is 0 Å². The van der Waals surface area contributed by atoms with Crippen LogP contribution in [0.25, 0.3) is 22.4 Å². The summed E-state index contributed by atoms with van der Waals surface area (Å²) in [4.78, 5) is 34.1. The fourth-order valence-electron chi connectivity index (χ4n) is 3.28. The van der Waals surface area contributed by atoms with E-state index < -0.39 is 12.3 Å². The number of aryl methyl sites for hydroxylation is 1. The van der Waals surface area contributed by atoms with E-state index in [2.05, 4.69) is 20.0 Å². The number of carbonyl (C=O) groups is 1. The molecule has 0 fully saturated rings. The number of fused-ring (bicyclic) bond motifs is 1. The van der Waals surface area contributed by atoms with E-state index in [-0.39, 0.29) is 17.0 Å². The number of pyridine rings is 1. The molecule has 0 saturated carbocycles. The third-order valence-electron chi connectivity index (χ3n) is 4.78. The molecule has 0 saturated heterocycles. The molecule has 0 bridgehead atoms. The van der Waals surface area contributed by atoms with Crippen LogP contribution in [0.3, 0.4) is 0 Å². The van der Waals surface area contributed by atoms with Crippen molar-refractivity contribution < 1.29 is 22.7 Å². The van der Waals surface area contributed by atoms with Gasteiger partial charge >= 0.3 is 6.36 Å². The molecule has 0 unspecified atom stereocenters. The zero-order chi connectivity index (χ0) is 23.6. The summed E-state index contributed by atoms with van der Waals surface area (Å²) in [6.07, 6.45) is -3.19. The number of aromatic nitrogens is 3. The smallest absolute Gasteiger partial charge is 0.406 e. The van der Waals surface area contributed by atoms with Crippen molar-refractivity contribution in [3.05, 3.63) is 82.8 Å². The van der Waals surface area contributed by atoms with Crippen LogP contribution in [0.5, 0.6) is 5.75 Å². The van der Waals surface area contributed by atoms with Gasteiger partial charge in [-0.25, -0.2) is 9.97 Å². The van der Waals surface area contributed by atoms with Gasteiger partial charge in [0.15, 0.2) is 5.65 Å². The molecule has 1 amide bonds. The summed E-state index contributed by atoms with van der Waals surface area (Å²) < 4.78 is 42.1. The zero-order valence-corrected chi connectivity index (χ0v) is 17.3. The van der Waals surface area contributed by atoms with Crippen molar-refractivity contribution in [2.24, 2.45) is 0 Å². The molecule has 0 atom stereocenters. The van der Waals surface area contributed by atoms with Crippen molar-refractivity contribution in [2.75, 3.05) is 5.32 Å². The first-order chi connectivity index (χ1) is 15.7. The van der Waals surface area contributed by atoms with Crippen molar-refractivity contribution in [1.82, 2.24) is 14.5 Å². The van der Waals surface area contributed by atoms with Gasteiger partial charge in [0.05, 0.1) is 0 Å². The molecule has 4 aromatic rings. The number of nitrogens with one attached hydrogen (secondary N) is 1. The van der Waals surface area contributed by atoms with Crippen molar-refractivity contribution in [1.29, 1.82) is 0 Å². The zero-order valence-electron chi connectivity index (χ0n) is 17.3. The lowest BCUT2D eigenvalue weighted by Gasteiger charge is -2.11. The second kappa shape index (κ2) is 8.73. The second-order valence-electron chi connectivity index (χ2n) is 6.96. The fourth-order valence-corrected chi connectivity index (χ4v) is 3.28. The summed E-state index contributed by atoms with van der Waals surface area (Å²) in [5.74, 6) is -0.853. The van der Waals surface area contributed by atoms with Crippen LogP contribution in [0.15, 0.2) is 71.7 Å². The Morgan fingerprint density at radius 1 is 1.06 bits per heavy atom. The Labute approximate surface area is 185 Å². The van der Waals surface area contributed by atoms with Crippen LogP contribution < -0.4 is 15.6 Å². The van der Waals surface area contributed by atoms with E-state index in [1.807, 2.05) is 6.92 Å². The van der Waals surface area contributed by atoms with Crippen LogP contribution in [0.4, 0.5) is 18.9 Å². The van der Waals surface area contributed by atoms with Gasteiger partial charge in [0.1, 0.15) is 17.0 Å². The summed E-state index contributed by atoms with van der Waals surface area (Å²) in [5, 5.41) is 2.60. The molecule has 2 aromatic heterocycles. The minimum atomic E-state index is -4.79. The monoisotopic (exact) mass is 454 g/mol. The number of halogens is 3. The van der Waals surface area contributed by atoms with E-state index in [9.17, 15) is 22.8 Å². The first-order valence-corrected chi connectivity index (χ1v) is 9.88. The molecule has 168 valence electrons. The number of carbonyl (C=O) groups excluding carboxylic acids is 1. The number of amides is 1. The average molecular weight is 454 g/mol. The minimum absolute atomic E-state index is 0.240. The minimum Gasteiger partial charge on any atom is -0.406 e. The van der Waals surface area contributed by atoms with Gasteiger partial charge in [0, 0.05) is 29.6 Å². The van der Waals surface area contributed by atoms with Crippen LogP contribution >= 0.6 is 0 Å². The molecule has 2 aromatic carbocycles. The predicted octanol–water partition coefficient (Wildman–Crippen LogP) is 4.63. The average Bonchev–Trinajstić information content (AvgIpc) is 2.79. The van der Waals surface area contributed by atoms with E-state index in [1.54, 1.807) is 30.5 Å². The van der Waals surface area contributed by atoms with Gasteiger partial charge in [-0.3, -0.25) is 14.2 Å². The summed E-state index contributed by atoms with van der Waals surface area (Å²) in [6, 6.07) is 14.6. The molecule has 0 radical (unpaired) electrons. The van der Waals surface area contributed by atoms with E-state index in [0.29, 0.717) is 34.5 Å². The van der Waals surface area contributed by atoms with Gasteiger partial charge < -0.3 is 10.1 Å². The molecule has 0 spiro atoms. The van der Waals surface area contributed by atoms with Gasteiger partial charge in [-0.2, -0.15) is 0 Å². The number of hydrogen-bond donors (Lipinski definition) is 1. The third-order valence-corrected chi connectivity index (χ3v) is 4.78. The number of hydrogen-bond acceptors (Lipinski definition) is 5. The van der Waals surface area contributed by atoms with Crippen molar-refractivity contribution >= 4 is 22.8 Å². The van der Waals surface area contributed by atoms with E-state index >= 15 is 0 Å². The van der Waals surface area contributed by atoms with E-state index in [0.717, 1.165) is 12.1 Å². The molecule has 7 nitrogen and oxygen atoms in total. The van der Waals surface area contributed by atoms with Gasteiger partial charge in [0.25, 0.3) is 11.5 Å². The highest BCUT2D eigenvalue weighted by molar-refractivity contribution is 6.04. The number of alkyl halides is 3. The standard InChI is InChI=1S/C23H17F3N4O3/c1-2-30-20-18(4-3-13-27-20)29-19(22(30)32)14-5-7-15(8-6-14)21(31)28-16-9-11-17(12-10-16)33-23(24,25)26/h3-13H,2H2,1H3,(H,28,31). The second-order valence-corrected chi connectivity index (χ2v) is 6.96. The molecule has 0 aliphatic heterocycles. The molecule has 2 heterocycles. The summed E-state index contributed by atoms with van der Waals surface area (Å²) in [6.45, 7) is 2.27. The van der Waals surface area contributed by atoms with Crippen LogP contribution in [0.1, 0.15) is 17.3 Å². The summed E-state index contributed by atoms with van der Waals surface area (Å²) >= 11 is 0. The first kappa shape index (κ1) is 22.0. The SMILES string of the molecule is CCn1c(=O)c(-c2ccc(C(=O)Nc3ccc(OC(F)(F)F)cc3)cc2)nc2cccnc21. The summed E-state index contributed by atoms with van der Waals surface area (Å²) in [7, 11) is 0. The summed E-state index contributed by atoms with van der Waals surface area (Å²) in [5.41, 5.74) is 2.16. The highest BCUT2D eigenvalue weighted by Gasteiger charge is 2.31. The molecular weight excluding hydrogens is 437 g/mol. The Morgan fingerprint density at radius 2 is 1.76 bits per heavy atom. The topological polar surface area (TPSA) is 86.1 Å². The maximum absolute atomic E-state index is 12.9. The van der Waals surface area contributed by atoms with Crippen molar-refractivity contribution in [2.45, 2.75) is 19.8 Å². The van der Waals surface area contributed by atoms with Gasteiger partial charge in [-0.05, 0) is 55.5 Å². The number of benzene rings is 2. The number of rotatable bonds is 5. The van der Waals surface area contributed by atoms with Gasteiger partial charge in [-0.15, -0.1) is 13.2 Å². The Balaban J connectivity index is 1.55. The van der Waals surface area contributed by atoms with Crippen LogP contribution in [-0.4, -0.2) is 26.8 Å². The van der Waals surface area contributed by atoms with Crippen LogP contribution in [0.2, 0.25) is 0 Å². The third kappa shape index (κ3) is 4.84. The molecule has 33 heavy (non-hydrogen) atoms. The number of anilines is 1. The lowest BCUT2D eigenvalue weighted by Crippen LogP contribution is -2.23. The van der Waals surface area contributed by atoms with Crippen molar-refractivity contribution in [3.8, 4) is 17.0 Å². The maximum Gasteiger partial charge on any atom is 0.573 e. The largest absolute Gasteiger partial charge is 0.573 e. The highest BCUT2D eigenvalue weighted by atomic mass is 19.4. The van der Waals surface area contributed by atoms with Gasteiger partial charge in [0.2, 0.25) is 0 Å². The van der Waals surface area contributed by atoms with Crippen molar-refractivity contribution in [3.63, 3.8) is 0 Å².